The maximum atomic E-state index is 13.4. The van der Waals surface area contributed by atoms with Crippen molar-refractivity contribution in [3.8, 4) is 0 Å². The van der Waals surface area contributed by atoms with E-state index in [9.17, 15) is 13.2 Å². The van der Waals surface area contributed by atoms with Gasteiger partial charge in [-0.25, -0.2) is 8.42 Å². The molecule has 1 atom stereocenters. The van der Waals surface area contributed by atoms with Crippen LogP contribution in [0.1, 0.15) is 50.2 Å². The molecular weight excluding hydrogens is 324 g/mol. The van der Waals surface area contributed by atoms with Crippen LogP contribution in [-0.4, -0.2) is 31.7 Å². The average molecular weight is 353 g/mol. The number of sulfone groups is 1. The van der Waals surface area contributed by atoms with Crippen LogP contribution in [-0.2, 0) is 14.6 Å². The van der Waals surface area contributed by atoms with Gasteiger partial charge in [0.1, 0.15) is 0 Å². The van der Waals surface area contributed by atoms with E-state index >= 15 is 0 Å². The standard InChI is InChI=1S/C18H28N2O3S/c1-13-6-7-14(2)16(12-13)24(22,23)18(9-4-5-10-18)17(21)20-11-8-15(3)19/h6-7,12,15H,4-5,8-11,19H2,1-3H3,(H,20,21). The zero-order valence-electron chi connectivity index (χ0n) is 14.8. The topological polar surface area (TPSA) is 89.3 Å². The maximum Gasteiger partial charge on any atom is 0.241 e. The molecule has 1 amide bonds. The molecule has 1 aromatic rings. The number of carbonyl (C=O) groups excluding carboxylic acids is 1. The van der Waals surface area contributed by atoms with E-state index in [1.165, 1.54) is 0 Å². The first-order valence-corrected chi connectivity index (χ1v) is 10.0. The van der Waals surface area contributed by atoms with Crippen molar-refractivity contribution in [3.05, 3.63) is 29.3 Å². The summed E-state index contributed by atoms with van der Waals surface area (Å²) in [5.41, 5.74) is 7.28. The highest BCUT2D eigenvalue weighted by molar-refractivity contribution is 7.93. The number of nitrogens with two attached hydrogens (primary N) is 1. The van der Waals surface area contributed by atoms with Crippen LogP contribution in [0.4, 0.5) is 0 Å². The molecule has 0 saturated heterocycles. The minimum Gasteiger partial charge on any atom is -0.355 e. The first-order valence-electron chi connectivity index (χ1n) is 8.56. The number of carbonyl (C=O) groups is 1. The molecule has 0 bridgehead atoms. The highest BCUT2D eigenvalue weighted by Crippen LogP contribution is 2.41. The van der Waals surface area contributed by atoms with Gasteiger partial charge in [-0.3, -0.25) is 4.79 Å². The van der Waals surface area contributed by atoms with Gasteiger partial charge in [-0.05, 0) is 57.2 Å². The number of hydrogen-bond acceptors (Lipinski definition) is 4. The summed E-state index contributed by atoms with van der Waals surface area (Å²) >= 11 is 0. The first-order chi connectivity index (χ1) is 11.2. The number of aryl methyl sites for hydroxylation is 2. The van der Waals surface area contributed by atoms with Crippen LogP contribution >= 0.6 is 0 Å². The highest BCUT2D eigenvalue weighted by Gasteiger charge is 2.53. The van der Waals surface area contributed by atoms with Gasteiger partial charge in [0.2, 0.25) is 5.91 Å². The third-order valence-corrected chi connectivity index (χ3v) is 7.50. The molecule has 2 rings (SSSR count). The van der Waals surface area contributed by atoms with Crippen molar-refractivity contribution in [1.29, 1.82) is 0 Å². The third-order valence-electron chi connectivity index (χ3n) is 4.86. The Labute approximate surface area is 144 Å². The monoisotopic (exact) mass is 352 g/mol. The molecule has 0 aromatic heterocycles. The maximum absolute atomic E-state index is 13.4. The van der Waals surface area contributed by atoms with Crippen LogP contribution < -0.4 is 11.1 Å². The molecule has 0 spiro atoms. The van der Waals surface area contributed by atoms with E-state index in [1.54, 1.807) is 19.1 Å². The molecule has 1 unspecified atom stereocenters. The van der Waals surface area contributed by atoms with E-state index in [4.69, 9.17) is 5.73 Å². The Morgan fingerprint density at radius 3 is 2.50 bits per heavy atom. The van der Waals surface area contributed by atoms with Crippen molar-refractivity contribution >= 4 is 15.7 Å². The van der Waals surface area contributed by atoms with Gasteiger partial charge >= 0.3 is 0 Å². The Balaban J connectivity index is 2.38. The fraction of sp³-hybridized carbons (Fsp3) is 0.611. The zero-order valence-corrected chi connectivity index (χ0v) is 15.6. The minimum atomic E-state index is -3.75. The smallest absolute Gasteiger partial charge is 0.241 e. The summed E-state index contributed by atoms with van der Waals surface area (Å²) in [7, 11) is -3.75. The first kappa shape index (κ1) is 18.9. The summed E-state index contributed by atoms with van der Waals surface area (Å²) in [4.78, 5) is 13.1. The Hall–Kier alpha value is -1.40. The lowest BCUT2D eigenvalue weighted by molar-refractivity contribution is -0.123. The number of rotatable bonds is 6. The summed E-state index contributed by atoms with van der Waals surface area (Å²) < 4.78 is 25.4. The van der Waals surface area contributed by atoms with Gasteiger partial charge in [-0.15, -0.1) is 0 Å². The summed E-state index contributed by atoms with van der Waals surface area (Å²) in [5.74, 6) is -0.374. The molecule has 1 aliphatic rings. The number of nitrogens with one attached hydrogen (secondary N) is 1. The second kappa shape index (κ2) is 7.23. The quantitative estimate of drug-likeness (QED) is 0.822. The summed E-state index contributed by atoms with van der Waals surface area (Å²) in [6.45, 7) is 5.91. The molecule has 1 saturated carbocycles. The molecule has 3 N–H and O–H groups in total. The molecule has 0 aliphatic heterocycles. The summed E-state index contributed by atoms with van der Waals surface area (Å²) in [6.07, 6.45) is 2.90. The van der Waals surface area contributed by atoms with Crippen molar-refractivity contribution in [1.82, 2.24) is 5.32 Å². The van der Waals surface area contributed by atoms with Gasteiger partial charge in [-0.2, -0.15) is 0 Å². The second-order valence-corrected chi connectivity index (χ2v) is 9.22. The lowest BCUT2D eigenvalue weighted by Crippen LogP contribution is -2.51. The minimum absolute atomic E-state index is 0.0274. The lowest BCUT2D eigenvalue weighted by Gasteiger charge is -2.28. The van der Waals surface area contributed by atoms with Crippen LogP contribution in [0, 0.1) is 13.8 Å². The van der Waals surface area contributed by atoms with Gasteiger partial charge in [0.15, 0.2) is 14.6 Å². The summed E-state index contributed by atoms with van der Waals surface area (Å²) in [5, 5.41) is 2.81. The molecule has 6 heteroatoms. The largest absolute Gasteiger partial charge is 0.355 e. The Bertz CT molecular complexity index is 705. The predicted molar refractivity (Wildman–Crippen MR) is 95.6 cm³/mol. The zero-order chi connectivity index (χ0) is 18.0. The van der Waals surface area contributed by atoms with Crippen LogP contribution in [0.25, 0.3) is 0 Å². The van der Waals surface area contributed by atoms with Crippen LogP contribution in [0.2, 0.25) is 0 Å². The molecule has 1 aliphatic carbocycles. The SMILES string of the molecule is Cc1ccc(C)c(S(=O)(=O)C2(C(=O)NCCC(C)N)CCCC2)c1. The predicted octanol–water partition coefficient (Wildman–Crippen LogP) is 2.24. The van der Waals surface area contributed by atoms with Gasteiger partial charge in [-0.1, -0.05) is 25.0 Å². The number of amides is 1. The van der Waals surface area contributed by atoms with E-state index in [-0.39, 0.29) is 16.8 Å². The molecule has 5 nitrogen and oxygen atoms in total. The van der Waals surface area contributed by atoms with E-state index in [2.05, 4.69) is 5.32 Å². The Kier molecular flexibility index (Phi) is 5.71. The summed E-state index contributed by atoms with van der Waals surface area (Å²) in [6, 6.07) is 5.34. The molecule has 134 valence electrons. The van der Waals surface area contributed by atoms with E-state index in [1.807, 2.05) is 19.9 Å². The van der Waals surface area contributed by atoms with E-state index < -0.39 is 14.6 Å². The fourth-order valence-corrected chi connectivity index (χ4v) is 5.74. The van der Waals surface area contributed by atoms with Crippen LogP contribution in [0.3, 0.4) is 0 Å². The molecule has 0 radical (unpaired) electrons. The molecule has 1 fully saturated rings. The van der Waals surface area contributed by atoms with Crippen molar-refractivity contribution in [2.45, 2.75) is 68.6 Å². The molecule has 1 aromatic carbocycles. The Morgan fingerprint density at radius 1 is 1.29 bits per heavy atom. The lowest BCUT2D eigenvalue weighted by atomic mass is 10.1. The van der Waals surface area contributed by atoms with E-state index in [0.717, 1.165) is 18.4 Å². The normalized spacial score (nSPS) is 18.3. The van der Waals surface area contributed by atoms with Crippen LogP contribution in [0.15, 0.2) is 23.1 Å². The van der Waals surface area contributed by atoms with Gasteiger partial charge in [0.25, 0.3) is 0 Å². The molecular formula is C18H28N2O3S. The van der Waals surface area contributed by atoms with Crippen molar-refractivity contribution in [2.75, 3.05) is 6.54 Å². The number of hydrogen-bond donors (Lipinski definition) is 2. The Morgan fingerprint density at radius 2 is 1.92 bits per heavy atom. The highest BCUT2D eigenvalue weighted by atomic mass is 32.2. The third kappa shape index (κ3) is 3.49. The number of benzene rings is 1. The fourth-order valence-electron chi connectivity index (χ4n) is 3.35. The van der Waals surface area contributed by atoms with E-state index in [0.29, 0.717) is 31.4 Å². The van der Waals surface area contributed by atoms with Crippen molar-refractivity contribution in [2.24, 2.45) is 5.73 Å². The van der Waals surface area contributed by atoms with Gasteiger partial charge in [0.05, 0.1) is 4.90 Å². The van der Waals surface area contributed by atoms with Crippen molar-refractivity contribution < 1.29 is 13.2 Å². The van der Waals surface area contributed by atoms with Crippen molar-refractivity contribution in [3.63, 3.8) is 0 Å². The molecule has 24 heavy (non-hydrogen) atoms. The van der Waals surface area contributed by atoms with Gasteiger partial charge in [0, 0.05) is 12.6 Å². The second-order valence-electron chi connectivity index (χ2n) is 7.00. The van der Waals surface area contributed by atoms with Gasteiger partial charge < -0.3 is 11.1 Å². The molecule has 0 heterocycles. The average Bonchev–Trinajstić information content (AvgIpc) is 3.00. The van der Waals surface area contributed by atoms with Crippen LogP contribution in [0.5, 0.6) is 0 Å².